The summed E-state index contributed by atoms with van der Waals surface area (Å²) in [5.74, 6) is 2.36. The van der Waals surface area contributed by atoms with Gasteiger partial charge in [-0.05, 0) is 30.4 Å². The van der Waals surface area contributed by atoms with E-state index in [-0.39, 0.29) is 6.61 Å². The molecule has 0 saturated carbocycles. The normalized spacial score (nSPS) is 21.0. The molecule has 1 rings (SSSR count). The Morgan fingerprint density at radius 1 is 1.35 bits per heavy atom. The zero-order valence-corrected chi connectivity index (χ0v) is 12.0. The van der Waals surface area contributed by atoms with Gasteiger partial charge in [0.25, 0.3) is 0 Å². The predicted octanol–water partition coefficient (Wildman–Crippen LogP) is 1.66. The van der Waals surface area contributed by atoms with Gasteiger partial charge in [-0.15, -0.1) is 0 Å². The van der Waals surface area contributed by atoms with Crippen molar-refractivity contribution in [3.8, 4) is 0 Å². The summed E-state index contributed by atoms with van der Waals surface area (Å²) in [6, 6.07) is 0. The van der Waals surface area contributed by atoms with Crippen LogP contribution in [0.2, 0.25) is 0 Å². The first-order chi connectivity index (χ1) is 8.17. The van der Waals surface area contributed by atoms with Gasteiger partial charge < -0.3 is 14.7 Å². The molecule has 102 valence electrons. The monoisotopic (exact) mass is 261 g/mol. The van der Waals surface area contributed by atoms with Crippen molar-refractivity contribution >= 4 is 12.6 Å². The number of hydrogen-bond donors (Lipinski definition) is 2. The molecule has 1 aliphatic rings. The van der Waals surface area contributed by atoms with Crippen LogP contribution in [-0.4, -0.2) is 54.7 Å². The van der Waals surface area contributed by atoms with Gasteiger partial charge in [-0.25, -0.2) is 0 Å². The Bertz CT molecular complexity index is 194. The molecule has 1 unspecified atom stereocenters. The summed E-state index contributed by atoms with van der Waals surface area (Å²) in [6.07, 6.45) is 2.54. The molecule has 1 heterocycles. The average molecular weight is 261 g/mol. The van der Waals surface area contributed by atoms with Crippen molar-refractivity contribution in [3.05, 3.63) is 0 Å². The predicted molar refractivity (Wildman–Crippen MR) is 74.7 cm³/mol. The molecule has 0 aromatic rings. The van der Waals surface area contributed by atoms with Crippen molar-refractivity contribution in [2.75, 3.05) is 38.6 Å². The van der Waals surface area contributed by atoms with Crippen molar-refractivity contribution in [1.82, 2.24) is 4.90 Å². The number of aliphatic hydroxyl groups is 1. The number of aliphatic hydroxyl groups excluding tert-OH is 1. The van der Waals surface area contributed by atoms with Crippen LogP contribution in [0.4, 0.5) is 0 Å². The van der Waals surface area contributed by atoms with E-state index >= 15 is 0 Å². The SMILES string of the molecule is CC(C)C(CS)CN1CCC(OCCO)CC1. The number of hydrogen-bond acceptors (Lipinski definition) is 4. The van der Waals surface area contributed by atoms with Gasteiger partial charge in [0.15, 0.2) is 0 Å². The zero-order chi connectivity index (χ0) is 12.7. The van der Waals surface area contributed by atoms with Crippen LogP contribution in [0.3, 0.4) is 0 Å². The lowest BCUT2D eigenvalue weighted by Gasteiger charge is -2.34. The number of ether oxygens (including phenoxy) is 1. The third-order valence-corrected chi connectivity index (χ3v) is 4.12. The van der Waals surface area contributed by atoms with Crippen LogP contribution in [0.1, 0.15) is 26.7 Å². The van der Waals surface area contributed by atoms with Crippen molar-refractivity contribution < 1.29 is 9.84 Å². The highest BCUT2D eigenvalue weighted by Crippen LogP contribution is 2.19. The maximum absolute atomic E-state index is 8.72. The van der Waals surface area contributed by atoms with Crippen LogP contribution in [-0.2, 0) is 4.74 Å². The van der Waals surface area contributed by atoms with Gasteiger partial charge in [-0.1, -0.05) is 13.8 Å². The van der Waals surface area contributed by atoms with E-state index in [1.54, 1.807) is 0 Å². The van der Waals surface area contributed by atoms with E-state index in [1.807, 2.05) is 0 Å². The Morgan fingerprint density at radius 2 is 2.00 bits per heavy atom. The van der Waals surface area contributed by atoms with Crippen molar-refractivity contribution in [2.24, 2.45) is 11.8 Å². The second kappa shape index (κ2) is 8.35. The second-order valence-electron chi connectivity index (χ2n) is 5.28. The van der Waals surface area contributed by atoms with Crippen LogP contribution in [0.15, 0.2) is 0 Å². The van der Waals surface area contributed by atoms with E-state index in [4.69, 9.17) is 9.84 Å². The van der Waals surface area contributed by atoms with Gasteiger partial charge in [0.05, 0.1) is 19.3 Å². The van der Waals surface area contributed by atoms with Crippen LogP contribution >= 0.6 is 12.6 Å². The second-order valence-corrected chi connectivity index (χ2v) is 5.65. The van der Waals surface area contributed by atoms with Gasteiger partial charge >= 0.3 is 0 Å². The third-order valence-electron chi connectivity index (χ3n) is 3.65. The molecule has 0 spiro atoms. The van der Waals surface area contributed by atoms with Gasteiger partial charge in [0, 0.05) is 19.6 Å². The zero-order valence-electron chi connectivity index (χ0n) is 11.1. The number of likely N-dealkylation sites (tertiary alicyclic amines) is 1. The molecular formula is C13H27NO2S. The molecule has 0 radical (unpaired) electrons. The Balaban J connectivity index is 2.22. The molecule has 0 aromatic heterocycles. The van der Waals surface area contributed by atoms with Gasteiger partial charge in [-0.3, -0.25) is 0 Å². The Hall–Kier alpha value is 0.230. The molecule has 4 heteroatoms. The first-order valence-corrected chi connectivity index (χ1v) is 7.36. The maximum atomic E-state index is 8.72. The Morgan fingerprint density at radius 3 is 2.47 bits per heavy atom. The summed E-state index contributed by atoms with van der Waals surface area (Å²) >= 11 is 4.44. The fourth-order valence-electron chi connectivity index (χ4n) is 2.29. The van der Waals surface area contributed by atoms with Crippen LogP contribution in [0.25, 0.3) is 0 Å². The highest BCUT2D eigenvalue weighted by Gasteiger charge is 2.22. The Labute approximate surface area is 111 Å². The minimum Gasteiger partial charge on any atom is -0.394 e. The fourth-order valence-corrected chi connectivity index (χ4v) is 2.83. The first-order valence-electron chi connectivity index (χ1n) is 6.73. The lowest BCUT2D eigenvalue weighted by atomic mass is 9.96. The summed E-state index contributed by atoms with van der Waals surface area (Å²) in [6.45, 7) is 8.56. The molecule has 17 heavy (non-hydrogen) atoms. The van der Waals surface area contributed by atoms with E-state index < -0.39 is 0 Å². The molecule has 1 N–H and O–H groups in total. The van der Waals surface area contributed by atoms with E-state index in [9.17, 15) is 0 Å². The quantitative estimate of drug-likeness (QED) is 0.684. The molecule has 1 atom stereocenters. The van der Waals surface area contributed by atoms with Crippen molar-refractivity contribution in [3.63, 3.8) is 0 Å². The largest absolute Gasteiger partial charge is 0.394 e. The summed E-state index contributed by atoms with van der Waals surface area (Å²) in [4.78, 5) is 2.53. The first kappa shape index (κ1) is 15.3. The van der Waals surface area contributed by atoms with Crippen molar-refractivity contribution in [1.29, 1.82) is 0 Å². The van der Waals surface area contributed by atoms with E-state index in [1.165, 1.54) is 0 Å². The van der Waals surface area contributed by atoms with E-state index in [0.29, 0.717) is 24.5 Å². The molecule has 0 aromatic carbocycles. The molecule has 1 aliphatic heterocycles. The summed E-state index contributed by atoms with van der Waals surface area (Å²) in [5, 5.41) is 8.72. The highest BCUT2D eigenvalue weighted by atomic mass is 32.1. The number of piperidine rings is 1. The number of rotatable bonds is 7. The minimum atomic E-state index is 0.134. The molecule has 0 amide bonds. The molecular weight excluding hydrogens is 234 g/mol. The van der Waals surface area contributed by atoms with Crippen LogP contribution < -0.4 is 0 Å². The number of thiol groups is 1. The summed E-state index contributed by atoms with van der Waals surface area (Å²) < 4.78 is 5.57. The topological polar surface area (TPSA) is 32.7 Å². The lowest BCUT2D eigenvalue weighted by Crippen LogP contribution is -2.41. The van der Waals surface area contributed by atoms with E-state index in [0.717, 1.165) is 38.2 Å². The average Bonchev–Trinajstić information content (AvgIpc) is 2.34. The Kier molecular flexibility index (Phi) is 7.51. The smallest absolute Gasteiger partial charge is 0.0701 e. The van der Waals surface area contributed by atoms with Crippen molar-refractivity contribution in [2.45, 2.75) is 32.8 Å². The minimum absolute atomic E-state index is 0.134. The highest BCUT2D eigenvalue weighted by molar-refractivity contribution is 7.80. The van der Waals surface area contributed by atoms with Gasteiger partial charge in [0.2, 0.25) is 0 Å². The number of nitrogens with zero attached hydrogens (tertiary/aromatic N) is 1. The molecule has 3 nitrogen and oxygen atoms in total. The van der Waals surface area contributed by atoms with Crippen LogP contribution in [0.5, 0.6) is 0 Å². The van der Waals surface area contributed by atoms with E-state index in [2.05, 4.69) is 31.4 Å². The lowest BCUT2D eigenvalue weighted by molar-refractivity contribution is -0.0104. The van der Waals surface area contributed by atoms with Gasteiger partial charge in [0.1, 0.15) is 0 Å². The molecule has 1 saturated heterocycles. The summed E-state index contributed by atoms with van der Waals surface area (Å²) in [7, 11) is 0. The molecule has 1 fully saturated rings. The molecule has 0 bridgehead atoms. The molecule has 0 aliphatic carbocycles. The van der Waals surface area contributed by atoms with Gasteiger partial charge in [-0.2, -0.15) is 12.6 Å². The van der Waals surface area contributed by atoms with Crippen LogP contribution in [0, 0.1) is 11.8 Å². The third kappa shape index (κ3) is 5.60. The maximum Gasteiger partial charge on any atom is 0.0701 e. The standard InChI is InChI=1S/C13H27NO2S/c1-11(2)12(10-17)9-14-5-3-13(4-6-14)16-8-7-15/h11-13,15,17H,3-10H2,1-2H3. The fraction of sp³-hybridized carbons (Fsp3) is 1.00. The summed E-state index contributed by atoms with van der Waals surface area (Å²) in [5.41, 5.74) is 0.